The third-order valence-corrected chi connectivity index (χ3v) is 5.35. The molecule has 0 rings (SSSR count). The second-order valence-corrected chi connectivity index (χ2v) is 9.11. The van der Waals surface area contributed by atoms with Crippen molar-refractivity contribution in [2.24, 2.45) is 0 Å². The minimum atomic E-state index is -4.15. The summed E-state index contributed by atoms with van der Waals surface area (Å²) in [6, 6.07) is 0. The van der Waals surface area contributed by atoms with Crippen molar-refractivity contribution in [3.05, 3.63) is 0 Å². The van der Waals surface area contributed by atoms with Crippen molar-refractivity contribution in [2.75, 3.05) is 0 Å². The van der Waals surface area contributed by atoms with Gasteiger partial charge < -0.3 is 0 Å². The van der Waals surface area contributed by atoms with E-state index < -0.39 is 31.0 Å². The molecule has 0 saturated carbocycles. The van der Waals surface area contributed by atoms with Crippen LogP contribution >= 0.6 is 6.16 Å². The third kappa shape index (κ3) is 8.33. The van der Waals surface area contributed by atoms with E-state index in [1.807, 2.05) is 0 Å². The Bertz CT molecular complexity index is 147. The van der Waals surface area contributed by atoms with E-state index in [0.717, 1.165) is 0 Å². The van der Waals surface area contributed by atoms with Crippen LogP contribution in [0.25, 0.3) is 0 Å². The van der Waals surface area contributed by atoms with Crippen LogP contribution in [0.15, 0.2) is 0 Å². The first-order chi connectivity index (χ1) is 3.92. The summed E-state index contributed by atoms with van der Waals surface area (Å²) in [6.07, 6.45) is -4.15. The first-order valence-corrected chi connectivity index (χ1v) is 8.19. The molecule has 0 bridgehead atoms. The molecule has 0 heterocycles. The van der Waals surface area contributed by atoms with Gasteiger partial charge in [0, 0.05) is 0 Å². The van der Waals surface area contributed by atoms with E-state index in [-0.39, 0.29) is 0 Å². The maximum atomic E-state index is 9.93. The fraction of sp³-hybridized carbons (Fsp3) is 0. The summed E-state index contributed by atoms with van der Waals surface area (Å²) in [4.78, 5) is 24.1. The van der Waals surface area contributed by atoms with Crippen LogP contribution in [0.3, 0.4) is 0 Å². The molecule has 1 unspecified atom stereocenters. The summed E-state index contributed by atoms with van der Waals surface area (Å²) in [5.41, 5.74) is 0. The second-order valence-electron chi connectivity index (χ2n) is 1.00. The zero-order valence-electron chi connectivity index (χ0n) is 4.01. The van der Waals surface area contributed by atoms with E-state index in [4.69, 9.17) is 14.6 Å². The Morgan fingerprint density at radius 3 is 2.11 bits per heavy atom. The molecular formula is H4AsO6PSi. The Morgan fingerprint density at radius 1 is 1.56 bits per heavy atom. The molecule has 0 fully saturated rings. The van der Waals surface area contributed by atoms with Gasteiger partial charge in [0.05, 0.1) is 0 Å². The molecule has 9 heavy (non-hydrogen) atoms. The standard InChI is InChI=1S/AsH4O6PSi/c2-8(3,4)1-7-9(5)6/h1,5H,(H2,2,3,4). The average Bonchev–Trinajstić information content (AvgIpc) is 1.59. The molecule has 0 spiro atoms. The molecule has 9 heteroatoms. The molecule has 1 atom stereocenters. The topological polar surface area (TPSA) is 104 Å². The van der Waals surface area contributed by atoms with Gasteiger partial charge in [-0.05, 0) is 0 Å². The van der Waals surface area contributed by atoms with E-state index in [9.17, 15) is 9.03 Å². The summed E-state index contributed by atoms with van der Waals surface area (Å²) in [6.45, 7) is 0. The van der Waals surface area contributed by atoms with Gasteiger partial charge in [0.1, 0.15) is 0 Å². The average molecular weight is 234 g/mol. The van der Waals surface area contributed by atoms with E-state index in [1.54, 1.807) is 0 Å². The molecule has 0 aromatic rings. The monoisotopic (exact) mass is 234 g/mol. The maximum absolute atomic E-state index is 9.93. The molecule has 0 aliphatic carbocycles. The summed E-state index contributed by atoms with van der Waals surface area (Å²) < 4.78 is 23.5. The Kier molecular flexibility index (Phi) is 3.61. The Hall–Kier alpha value is 0.325. The van der Waals surface area contributed by atoms with E-state index >= 15 is 0 Å². The van der Waals surface area contributed by atoms with Crippen molar-refractivity contribution >= 4 is 31.0 Å². The molecule has 0 aliphatic rings. The van der Waals surface area contributed by atoms with Crippen LogP contribution in [-0.4, -0.2) is 39.4 Å². The molecule has 0 aromatic carbocycles. The molecule has 0 radical (unpaired) electrons. The number of hydrogen-bond acceptors (Lipinski definition) is 3. The summed E-state index contributed by atoms with van der Waals surface area (Å²) >= 11 is -2.03. The van der Waals surface area contributed by atoms with E-state index in [2.05, 4.69) is 3.42 Å². The number of hydrogen-bond donors (Lipinski definition) is 3. The summed E-state index contributed by atoms with van der Waals surface area (Å²) in [7, 11) is -3.15. The van der Waals surface area contributed by atoms with Crippen molar-refractivity contribution in [3.8, 4) is 0 Å². The van der Waals surface area contributed by atoms with Gasteiger partial charge in [-0.3, -0.25) is 0 Å². The molecular weight excluding hydrogens is 230 g/mol. The van der Waals surface area contributed by atoms with E-state index in [1.165, 1.54) is 0 Å². The fourth-order valence-corrected chi connectivity index (χ4v) is 4.61. The van der Waals surface area contributed by atoms with Crippen LogP contribution in [0.4, 0.5) is 0 Å². The molecule has 54 valence electrons. The van der Waals surface area contributed by atoms with Crippen LogP contribution in [0, 0.1) is 0 Å². The molecule has 0 amide bonds. The van der Waals surface area contributed by atoms with Crippen LogP contribution in [0.2, 0.25) is 0 Å². The van der Waals surface area contributed by atoms with Crippen LogP contribution in [-0.2, 0) is 12.4 Å². The molecule has 0 saturated heterocycles. The SMILES string of the molecule is O=[Si](O)O[AsH]P(=O)(O)O. The Balaban J connectivity index is 3.53. The van der Waals surface area contributed by atoms with Crippen LogP contribution in [0.5, 0.6) is 0 Å². The van der Waals surface area contributed by atoms with Crippen molar-refractivity contribution in [1.29, 1.82) is 0 Å². The summed E-state index contributed by atoms with van der Waals surface area (Å²) in [5, 5.41) is 0. The van der Waals surface area contributed by atoms with Gasteiger partial charge in [-0.25, -0.2) is 0 Å². The third-order valence-electron chi connectivity index (χ3n) is 0.252. The van der Waals surface area contributed by atoms with Gasteiger partial charge in [-0.1, -0.05) is 0 Å². The molecule has 3 N–H and O–H groups in total. The summed E-state index contributed by atoms with van der Waals surface area (Å²) in [5.74, 6) is 0. The zero-order chi connectivity index (χ0) is 7.49. The predicted molar refractivity (Wildman–Crippen MR) is 28.9 cm³/mol. The first-order valence-electron chi connectivity index (χ1n) is 1.64. The molecule has 6 nitrogen and oxygen atoms in total. The van der Waals surface area contributed by atoms with Crippen molar-refractivity contribution in [2.45, 2.75) is 0 Å². The van der Waals surface area contributed by atoms with E-state index in [0.29, 0.717) is 0 Å². The van der Waals surface area contributed by atoms with Crippen molar-refractivity contribution in [1.82, 2.24) is 0 Å². The van der Waals surface area contributed by atoms with Gasteiger partial charge in [0.25, 0.3) is 0 Å². The Labute approximate surface area is 58.5 Å². The quantitative estimate of drug-likeness (QED) is 0.380. The van der Waals surface area contributed by atoms with Crippen LogP contribution in [0.1, 0.15) is 0 Å². The minimum absolute atomic E-state index is 2.03. The van der Waals surface area contributed by atoms with Crippen molar-refractivity contribution in [3.63, 3.8) is 0 Å². The van der Waals surface area contributed by atoms with Gasteiger partial charge in [0.2, 0.25) is 0 Å². The van der Waals surface area contributed by atoms with Gasteiger partial charge in [-0.15, -0.1) is 0 Å². The van der Waals surface area contributed by atoms with Gasteiger partial charge >= 0.3 is 58.0 Å². The normalized spacial score (nSPS) is 12.2. The van der Waals surface area contributed by atoms with Gasteiger partial charge in [-0.2, -0.15) is 0 Å². The van der Waals surface area contributed by atoms with Gasteiger partial charge in [0.15, 0.2) is 0 Å². The first kappa shape index (κ1) is 9.33. The zero-order valence-corrected chi connectivity index (χ0v) is 8.01. The predicted octanol–water partition coefficient (Wildman–Crippen LogP) is -2.15. The van der Waals surface area contributed by atoms with Crippen molar-refractivity contribution < 1.29 is 27.0 Å². The molecule has 0 aliphatic heterocycles. The second kappa shape index (κ2) is 3.48. The molecule has 0 aromatic heterocycles. The fourth-order valence-electron chi connectivity index (χ4n) is 0.0985. The Morgan fingerprint density at radius 2 is 2.00 bits per heavy atom. The number of rotatable bonds is 3. The van der Waals surface area contributed by atoms with Crippen LogP contribution < -0.4 is 0 Å².